The minimum absolute atomic E-state index is 0.000786. The van der Waals surface area contributed by atoms with Crippen LogP contribution in [0.25, 0.3) is 6.08 Å². The summed E-state index contributed by atoms with van der Waals surface area (Å²) in [6.07, 6.45) is 3.31. The zero-order chi connectivity index (χ0) is 17.8. The lowest BCUT2D eigenvalue weighted by Crippen LogP contribution is -2.39. The third-order valence-corrected chi connectivity index (χ3v) is 7.70. The number of thioether (sulfide) groups is 1. The van der Waals surface area contributed by atoms with E-state index in [-0.39, 0.29) is 29.6 Å². The van der Waals surface area contributed by atoms with Crippen molar-refractivity contribution in [3.8, 4) is 5.75 Å². The van der Waals surface area contributed by atoms with E-state index in [2.05, 4.69) is 0 Å². The van der Waals surface area contributed by atoms with Gasteiger partial charge >= 0.3 is 0 Å². The fourth-order valence-electron chi connectivity index (χ4n) is 3.46. The van der Waals surface area contributed by atoms with Gasteiger partial charge < -0.3 is 4.74 Å². The Morgan fingerprint density at radius 1 is 1.40 bits per heavy atom. The highest BCUT2D eigenvalue weighted by molar-refractivity contribution is 8.26. The molecule has 0 saturated carbocycles. The van der Waals surface area contributed by atoms with Crippen molar-refractivity contribution in [3.63, 3.8) is 0 Å². The molecule has 1 amide bonds. The van der Waals surface area contributed by atoms with Gasteiger partial charge in [0.15, 0.2) is 9.84 Å². The Balaban J connectivity index is 1.58. The van der Waals surface area contributed by atoms with Gasteiger partial charge in [-0.2, -0.15) is 0 Å². The number of rotatable bonds is 2. The van der Waals surface area contributed by atoms with Crippen LogP contribution < -0.4 is 4.74 Å². The number of fused-ring (bicyclic) bond motifs is 1. The molecule has 1 aromatic rings. The van der Waals surface area contributed by atoms with Crippen LogP contribution in [0, 0.1) is 0 Å². The number of hydrogen-bond acceptors (Lipinski definition) is 6. The Labute approximate surface area is 156 Å². The Morgan fingerprint density at radius 3 is 2.92 bits per heavy atom. The van der Waals surface area contributed by atoms with Gasteiger partial charge in [-0.3, -0.25) is 9.69 Å². The van der Waals surface area contributed by atoms with Crippen LogP contribution in [0.1, 0.15) is 24.5 Å². The second kappa shape index (κ2) is 6.10. The quantitative estimate of drug-likeness (QED) is 0.566. The molecule has 2 saturated heterocycles. The highest BCUT2D eigenvalue weighted by Gasteiger charge is 2.42. The average molecular weight is 396 g/mol. The summed E-state index contributed by atoms with van der Waals surface area (Å²) >= 11 is 6.57. The van der Waals surface area contributed by atoms with Gasteiger partial charge in [-0.1, -0.05) is 30.0 Å². The Morgan fingerprint density at radius 2 is 2.20 bits per heavy atom. The van der Waals surface area contributed by atoms with E-state index in [1.807, 2.05) is 31.2 Å². The lowest BCUT2D eigenvalue weighted by atomic mass is 10.1. The van der Waals surface area contributed by atoms with Gasteiger partial charge in [0.1, 0.15) is 16.2 Å². The van der Waals surface area contributed by atoms with E-state index in [0.717, 1.165) is 23.3 Å². The van der Waals surface area contributed by atoms with Crippen molar-refractivity contribution in [2.45, 2.75) is 31.9 Å². The lowest BCUT2D eigenvalue weighted by molar-refractivity contribution is -0.123. The summed E-state index contributed by atoms with van der Waals surface area (Å²) in [5, 5.41) is 0. The fourth-order valence-corrected chi connectivity index (χ4v) is 6.56. The summed E-state index contributed by atoms with van der Waals surface area (Å²) in [5.41, 5.74) is 2.06. The van der Waals surface area contributed by atoms with Crippen molar-refractivity contribution in [2.75, 3.05) is 11.5 Å². The maximum atomic E-state index is 12.7. The third-order valence-electron chi connectivity index (χ3n) is 4.61. The molecule has 1 aromatic carbocycles. The van der Waals surface area contributed by atoms with Gasteiger partial charge in [0.05, 0.1) is 22.5 Å². The molecular weight excluding hydrogens is 378 g/mol. The number of sulfone groups is 1. The van der Waals surface area contributed by atoms with E-state index in [0.29, 0.717) is 15.6 Å². The van der Waals surface area contributed by atoms with Crippen LogP contribution in [0.5, 0.6) is 5.75 Å². The van der Waals surface area contributed by atoms with Crippen LogP contribution in [0.3, 0.4) is 0 Å². The summed E-state index contributed by atoms with van der Waals surface area (Å²) in [5.74, 6) is 0.827. The van der Waals surface area contributed by atoms with Gasteiger partial charge in [0.2, 0.25) is 0 Å². The average Bonchev–Trinajstić information content (AvgIpc) is 3.15. The number of benzene rings is 1. The first kappa shape index (κ1) is 17.1. The molecule has 0 unspecified atom stereocenters. The predicted octanol–water partition coefficient (Wildman–Crippen LogP) is 2.40. The molecule has 0 bridgehead atoms. The molecule has 0 N–H and O–H groups in total. The fraction of sp³-hybridized carbons (Fsp3) is 0.412. The molecule has 5 nitrogen and oxygen atoms in total. The number of amides is 1. The van der Waals surface area contributed by atoms with Crippen molar-refractivity contribution >= 4 is 50.1 Å². The molecule has 8 heteroatoms. The second-order valence-electron chi connectivity index (χ2n) is 6.61. The molecule has 2 atom stereocenters. The van der Waals surface area contributed by atoms with Gasteiger partial charge in [0.25, 0.3) is 5.91 Å². The molecule has 0 spiro atoms. The van der Waals surface area contributed by atoms with E-state index in [4.69, 9.17) is 17.0 Å². The van der Waals surface area contributed by atoms with Crippen molar-refractivity contribution in [3.05, 3.63) is 34.2 Å². The van der Waals surface area contributed by atoms with E-state index in [1.54, 1.807) is 0 Å². The van der Waals surface area contributed by atoms with Gasteiger partial charge in [-0.25, -0.2) is 8.42 Å². The Hall–Kier alpha value is -1.38. The first-order chi connectivity index (χ1) is 11.8. The third kappa shape index (κ3) is 3.22. The number of ether oxygens (including phenoxy) is 1. The molecule has 4 rings (SSSR count). The SMILES string of the molecule is C[C@H]1Cc2cc(/C=C3/SC(=S)N([C@H]4CCS(=O)(=O)C4)C3=O)ccc2O1. The van der Waals surface area contributed by atoms with E-state index >= 15 is 0 Å². The molecule has 2 fully saturated rings. The summed E-state index contributed by atoms with van der Waals surface area (Å²) in [6.45, 7) is 2.03. The Kier molecular flexibility index (Phi) is 4.16. The van der Waals surface area contributed by atoms with Crippen LogP contribution in [0.2, 0.25) is 0 Å². The van der Waals surface area contributed by atoms with Crippen LogP contribution in [0.4, 0.5) is 0 Å². The van der Waals surface area contributed by atoms with Gasteiger partial charge in [0, 0.05) is 6.42 Å². The van der Waals surface area contributed by atoms with Crippen LogP contribution >= 0.6 is 24.0 Å². The van der Waals surface area contributed by atoms with Crippen molar-refractivity contribution in [1.82, 2.24) is 4.90 Å². The monoisotopic (exact) mass is 395 g/mol. The van der Waals surface area contributed by atoms with Crippen LogP contribution in [-0.2, 0) is 21.1 Å². The molecule has 132 valence electrons. The molecular formula is C17H17NO4S3. The molecule has 0 radical (unpaired) electrons. The summed E-state index contributed by atoms with van der Waals surface area (Å²) in [7, 11) is -3.06. The maximum Gasteiger partial charge on any atom is 0.266 e. The van der Waals surface area contributed by atoms with E-state index in [1.165, 1.54) is 16.7 Å². The van der Waals surface area contributed by atoms with Crippen molar-refractivity contribution < 1.29 is 17.9 Å². The zero-order valence-electron chi connectivity index (χ0n) is 13.6. The summed E-state index contributed by atoms with van der Waals surface area (Å²) in [6, 6.07) is 5.54. The largest absolute Gasteiger partial charge is 0.490 e. The van der Waals surface area contributed by atoms with Gasteiger partial charge in [-0.05, 0) is 42.7 Å². The normalized spacial score (nSPS) is 29.3. The molecule has 0 aliphatic carbocycles. The standard InChI is InChI=1S/C17H17NO4S3/c1-10-6-12-7-11(2-3-14(12)22-10)8-15-16(19)18(17(23)24-15)13-4-5-25(20,21)9-13/h2-3,7-8,10,13H,4-6,9H2,1H3/b15-8+/t10-,13-/m0/s1. The molecule has 25 heavy (non-hydrogen) atoms. The van der Waals surface area contributed by atoms with Crippen molar-refractivity contribution in [2.24, 2.45) is 0 Å². The minimum atomic E-state index is -3.06. The minimum Gasteiger partial charge on any atom is -0.490 e. The highest BCUT2D eigenvalue weighted by atomic mass is 32.2. The molecule has 3 aliphatic rings. The molecule has 3 aliphatic heterocycles. The number of thiocarbonyl (C=S) groups is 1. The smallest absolute Gasteiger partial charge is 0.266 e. The van der Waals surface area contributed by atoms with Crippen LogP contribution in [0.15, 0.2) is 23.1 Å². The van der Waals surface area contributed by atoms with Crippen LogP contribution in [-0.4, -0.2) is 47.2 Å². The number of hydrogen-bond donors (Lipinski definition) is 0. The number of carbonyl (C=O) groups is 1. The molecule has 0 aromatic heterocycles. The zero-order valence-corrected chi connectivity index (χ0v) is 16.0. The number of carbonyl (C=O) groups excluding carboxylic acids is 1. The van der Waals surface area contributed by atoms with E-state index in [9.17, 15) is 13.2 Å². The Bertz CT molecular complexity index is 906. The summed E-state index contributed by atoms with van der Waals surface area (Å²) < 4.78 is 29.5. The number of nitrogens with zero attached hydrogens (tertiary/aromatic N) is 1. The van der Waals surface area contributed by atoms with E-state index < -0.39 is 9.84 Å². The highest BCUT2D eigenvalue weighted by Crippen LogP contribution is 2.37. The first-order valence-corrected chi connectivity index (χ1v) is 11.1. The maximum absolute atomic E-state index is 12.7. The van der Waals surface area contributed by atoms with Crippen molar-refractivity contribution in [1.29, 1.82) is 0 Å². The summed E-state index contributed by atoms with van der Waals surface area (Å²) in [4.78, 5) is 14.8. The second-order valence-corrected chi connectivity index (χ2v) is 10.5. The van der Waals surface area contributed by atoms with Gasteiger partial charge in [-0.15, -0.1) is 0 Å². The first-order valence-electron chi connectivity index (χ1n) is 8.09. The topological polar surface area (TPSA) is 63.7 Å². The lowest BCUT2D eigenvalue weighted by Gasteiger charge is -2.20. The predicted molar refractivity (Wildman–Crippen MR) is 102 cm³/mol. The molecule has 3 heterocycles.